The Morgan fingerprint density at radius 3 is 2.62 bits per heavy atom. The number of carbonyl (C=O) groups excluding carboxylic acids is 1. The number of nitrogens with zero attached hydrogens (tertiary/aromatic N) is 2. The average molecular weight is 358 g/mol. The fourth-order valence-electron chi connectivity index (χ4n) is 2.22. The zero-order chi connectivity index (χ0) is 17.1. The molecule has 0 aliphatic rings. The van der Waals surface area contributed by atoms with Crippen molar-refractivity contribution in [2.24, 2.45) is 0 Å². The minimum Gasteiger partial charge on any atom is -0.462 e. The number of esters is 1. The number of thioether (sulfide) groups is 1. The summed E-state index contributed by atoms with van der Waals surface area (Å²) in [7, 11) is 0. The molecule has 1 aromatic carbocycles. The van der Waals surface area contributed by atoms with Crippen molar-refractivity contribution >= 4 is 39.3 Å². The van der Waals surface area contributed by atoms with E-state index in [0.717, 1.165) is 25.7 Å². The molecule has 4 nitrogen and oxygen atoms in total. The highest BCUT2D eigenvalue weighted by molar-refractivity contribution is 8.00. The first-order valence-electron chi connectivity index (χ1n) is 7.71. The smallest absolute Gasteiger partial charge is 0.319 e. The van der Waals surface area contributed by atoms with Crippen molar-refractivity contribution in [3.05, 3.63) is 42.7 Å². The summed E-state index contributed by atoms with van der Waals surface area (Å²) < 4.78 is 5.27. The maximum Gasteiger partial charge on any atom is 0.319 e. The fraction of sp³-hybridized carbons (Fsp3) is 0.278. The normalized spacial score (nSPS) is 12.5. The van der Waals surface area contributed by atoms with Gasteiger partial charge < -0.3 is 4.74 Å². The largest absolute Gasteiger partial charge is 0.462 e. The van der Waals surface area contributed by atoms with Crippen LogP contribution in [0.4, 0.5) is 0 Å². The van der Waals surface area contributed by atoms with Crippen LogP contribution in [0.1, 0.15) is 20.8 Å². The van der Waals surface area contributed by atoms with Gasteiger partial charge in [-0.15, -0.1) is 11.3 Å². The number of thiophene rings is 1. The van der Waals surface area contributed by atoms with Crippen molar-refractivity contribution in [2.75, 3.05) is 0 Å². The molecule has 0 spiro atoms. The Balaban J connectivity index is 1.89. The predicted molar refractivity (Wildman–Crippen MR) is 99.4 cm³/mol. The zero-order valence-corrected chi connectivity index (χ0v) is 15.4. The lowest BCUT2D eigenvalue weighted by molar-refractivity contribution is -0.146. The number of hydrogen-bond acceptors (Lipinski definition) is 6. The van der Waals surface area contributed by atoms with Gasteiger partial charge in [0.05, 0.1) is 6.10 Å². The molecule has 2 heterocycles. The van der Waals surface area contributed by atoms with Crippen molar-refractivity contribution < 1.29 is 9.53 Å². The standard InChI is InChI=1S/C18H18N2O2S2/c1-11(2)22-18(21)12(3)23-16-14-9-15(13-7-5-4-6-8-13)24-17(14)20-10-19-16/h4-12H,1-3H3. The van der Waals surface area contributed by atoms with Gasteiger partial charge in [-0.1, -0.05) is 42.1 Å². The molecule has 1 unspecified atom stereocenters. The van der Waals surface area contributed by atoms with Crippen LogP contribution in [0.15, 0.2) is 47.8 Å². The van der Waals surface area contributed by atoms with Gasteiger partial charge in [-0.25, -0.2) is 9.97 Å². The third kappa shape index (κ3) is 3.76. The van der Waals surface area contributed by atoms with Crippen LogP contribution in [0.2, 0.25) is 0 Å². The lowest BCUT2D eigenvalue weighted by atomic mass is 10.2. The molecule has 3 rings (SSSR count). The van der Waals surface area contributed by atoms with Gasteiger partial charge >= 0.3 is 5.97 Å². The fourth-order valence-corrected chi connectivity index (χ4v) is 4.16. The molecule has 0 aliphatic carbocycles. The lowest BCUT2D eigenvalue weighted by Crippen LogP contribution is -2.20. The van der Waals surface area contributed by atoms with E-state index >= 15 is 0 Å². The number of ether oxygens (including phenoxy) is 1. The second-order valence-corrected chi connectivity index (χ2v) is 7.98. The molecule has 1 atom stereocenters. The highest BCUT2D eigenvalue weighted by Crippen LogP contribution is 2.37. The van der Waals surface area contributed by atoms with Crippen LogP contribution >= 0.6 is 23.1 Å². The highest BCUT2D eigenvalue weighted by Gasteiger charge is 2.20. The topological polar surface area (TPSA) is 52.1 Å². The molecule has 6 heteroatoms. The quantitative estimate of drug-likeness (QED) is 0.373. The number of aromatic nitrogens is 2. The first-order chi connectivity index (χ1) is 11.5. The van der Waals surface area contributed by atoms with E-state index < -0.39 is 0 Å². The van der Waals surface area contributed by atoms with Crippen LogP contribution in [0, 0.1) is 0 Å². The number of hydrogen-bond donors (Lipinski definition) is 0. The van der Waals surface area contributed by atoms with Gasteiger partial charge in [0.25, 0.3) is 0 Å². The van der Waals surface area contributed by atoms with E-state index in [1.54, 1.807) is 17.7 Å². The lowest BCUT2D eigenvalue weighted by Gasteiger charge is -2.13. The van der Waals surface area contributed by atoms with Crippen LogP contribution in [0.3, 0.4) is 0 Å². The molecule has 0 aliphatic heterocycles. The van der Waals surface area contributed by atoms with Crippen LogP contribution < -0.4 is 0 Å². The minimum atomic E-state index is -0.314. The Hall–Kier alpha value is -1.92. The van der Waals surface area contributed by atoms with Crippen LogP contribution in [0.25, 0.3) is 20.7 Å². The molecule has 124 valence electrons. The van der Waals surface area contributed by atoms with E-state index in [9.17, 15) is 4.79 Å². The van der Waals surface area contributed by atoms with E-state index in [2.05, 4.69) is 28.2 Å². The first kappa shape index (κ1) is 16.9. The summed E-state index contributed by atoms with van der Waals surface area (Å²) in [4.78, 5) is 22.8. The predicted octanol–water partition coefficient (Wildman–Crippen LogP) is 4.79. The summed E-state index contributed by atoms with van der Waals surface area (Å²) in [5.74, 6) is -0.222. The molecule has 0 bridgehead atoms. The Labute approximate surface area is 149 Å². The summed E-state index contributed by atoms with van der Waals surface area (Å²) in [6.45, 7) is 5.54. The van der Waals surface area contributed by atoms with Gasteiger partial charge in [0.15, 0.2) is 0 Å². The zero-order valence-electron chi connectivity index (χ0n) is 13.7. The summed E-state index contributed by atoms with van der Waals surface area (Å²) in [6.07, 6.45) is 1.44. The summed E-state index contributed by atoms with van der Waals surface area (Å²) >= 11 is 3.04. The maximum atomic E-state index is 12.0. The van der Waals surface area contributed by atoms with Gasteiger partial charge in [-0.2, -0.15) is 0 Å². The van der Waals surface area contributed by atoms with Crippen molar-refractivity contribution in [1.82, 2.24) is 9.97 Å². The Kier molecular flexibility index (Phi) is 5.16. The van der Waals surface area contributed by atoms with E-state index in [1.807, 2.05) is 39.0 Å². The molecular weight excluding hydrogens is 340 g/mol. The summed E-state index contributed by atoms with van der Waals surface area (Å²) in [5.41, 5.74) is 1.16. The monoisotopic (exact) mass is 358 g/mol. The summed E-state index contributed by atoms with van der Waals surface area (Å²) in [5, 5.41) is 1.48. The van der Waals surface area contributed by atoms with E-state index in [4.69, 9.17) is 4.74 Å². The van der Waals surface area contributed by atoms with Crippen LogP contribution in [-0.4, -0.2) is 27.3 Å². The van der Waals surface area contributed by atoms with E-state index in [1.165, 1.54) is 11.8 Å². The molecule has 2 aromatic heterocycles. The number of rotatable bonds is 5. The molecular formula is C18H18N2O2S2. The van der Waals surface area contributed by atoms with Crippen molar-refractivity contribution in [3.63, 3.8) is 0 Å². The third-order valence-electron chi connectivity index (χ3n) is 3.32. The van der Waals surface area contributed by atoms with Crippen molar-refractivity contribution in [1.29, 1.82) is 0 Å². The number of benzene rings is 1. The van der Waals surface area contributed by atoms with E-state index in [-0.39, 0.29) is 17.3 Å². The molecule has 24 heavy (non-hydrogen) atoms. The van der Waals surface area contributed by atoms with Gasteiger partial charge in [0.2, 0.25) is 0 Å². The molecule has 3 aromatic rings. The Morgan fingerprint density at radius 2 is 1.92 bits per heavy atom. The first-order valence-corrected chi connectivity index (χ1v) is 9.41. The van der Waals surface area contributed by atoms with Gasteiger partial charge in [0.1, 0.15) is 21.4 Å². The Bertz CT molecular complexity index is 847. The third-order valence-corrected chi connectivity index (χ3v) is 5.51. The van der Waals surface area contributed by atoms with Gasteiger partial charge in [-0.05, 0) is 32.4 Å². The van der Waals surface area contributed by atoms with Crippen molar-refractivity contribution in [3.8, 4) is 10.4 Å². The second kappa shape index (κ2) is 7.32. The second-order valence-electron chi connectivity index (χ2n) is 5.62. The molecule has 0 fully saturated rings. The molecule has 0 amide bonds. The van der Waals surface area contributed by atoms with Gasteiger partial charge in [-0.3, -0.25) is 4.79 Å². The SMILES string of the molecule is CC(C)OC(=O)C(C)Sc1ncnc2sc(-c3ccccc3)cc12. The number of carbonyl (C=O) groups is 1. The van der Waals surface area contributed by atoms with Gasteiger partial charge in [0, 0.05) is 10.3 Å². The van der Waals surface area contributed by atoms with Crippen molar-refractivity contribution in [2.45, 2.75) is 37.2 Å². The molecule has 0 saturated carbocycles. The number of fused-ring (bicyclic) bond motifs is 1. The summed E-state index contributed by atoms with van der Waals surface area (Å²) in [6, 6.07) is 12.3. The highest BCUT2D eigenvalue weighted by atomic mass is 32.2. The average Bonchev–Trinajstić information content (AvgIpc) is 3.00. The molecule has 0 radical (unpaired) electrons. The van der Waals surface area contributed by atoms with Crippen LogP contribution in [0.5, 0.6) is 0 Å². The molecule has 0 saturated heterocycles. The Morgan fingerprint density at radius 1 is 1.17 bits per heavy atom. The van der Waals surface area contributed by atoms with E-state index in [0.29, 0.717) is 0 Å². The minimum absolute atomic E-state index is 0.114. The maximum absolute atomic E-state index is 12.0. The molecule has 0 N–H and O–H groups in total. The van der Waals surface area contributed by atoms with Crippen LogP contribution in [-0.2, 0) is 9.53 Å².